The summed E-state index contributed by atoms with van der Waals surface area (Å²) in [5.74, 6) is 0.374. The zero-order chi connectivity index (χ0) is 16.8. The molecule has 2 heterocycles. The number of ketones is 1. The number of anilines is 1. The van der Waals surface area contributed by atoms with Crippen LogP contribution in [0.4, 0.5) is 10.3 Å². The number of benzene rings is 2. The van der Waals surface area contributed by atoms with Gasteiger partial charge in [-0.2, -0.15) is 0 Å². The molecule has 0 spiro atoms. The first-order valence-electron chi connectivity index (χ1n) is 7.77. The molecule has 1 N–H and O–H groups in total. The summed E-state index contributed by atoms with van der Waals surface area (Å²) in [5, 5.41) is 3.23. The molecular weight excluding hydrogens is 305 g/mol. The molecule has 1 aliphatic rings. The van der Waals surface area contributed by atoms with Crippen LogP contribution in [-0.4, -0.2) is 15.3 Å². The molecule has 0 bridgehead atoms. The highest BCUT2D eigenvalue weighted by Gasteiger charge is 2.32. The molecule has 0 saturated carbocycles. The van der Waals surface area contributed by atoms with Crippen LogP contribution in [-0.2, 0) is 4.79 Å². The molecule has 5 heteroatoms. The minimum Gasteiger partial charge on any atom is -0.329 e. The first kappa shape index (κ1) is 14.6. The largest absolute Gasteiger partial charge is 0.329 e. The van der Waals surface area contributed by atoms with E-state index in [4.69, 9.17) is 0 Å². The Hall–Kier alpha value is -2.95. The topological polar surface area (TPSA) is 46.9 Å². The number of carbonyl (C=O) groups excluding carboxylic acids is 1. The number of hydrogen-bond donors (Lipinski definition) is 1. The van der Waals surface area contributed by atoms with Crippen LogP contribution in [0, 0.1) is 5.82 Å². The van der Waals surface area contributed by atoms with Crippen LogP contribution in [0.1, 0.15) is 25.5 Å². The maximum Gasteiger partial charge on any atom is 0.209 e. The molecule has 24 heavy (non-hydrogen) atoms. The van der Waals surface area contributed by atoms with Gasteiger partial charge in [0.15, 0.2) is 5.78 Å². The summed E-state index contributed by atoms with van der Waals surface area (Å²) in [7, 11) is 0. The average Bonchev–Trinajstić information content (AvgIpc) is 2.92. The van der Waals surface area contributed by atoms with E-state index in [0.29, 0.717) is 11.5 Å². The van der Waals surface area contributed by atoms with Gasteiger partial charge in [-0.05, 0) is 43.7 Å². The molecule has 4 nitrogen and oxygen atoms in total. The maximum atomic E-state index is 13.4. The second-order valence-corrected chi connectivity index (χ2v) is 5.97. The molecule has 3 aromatic rings. The van der Waals surface area contributed by atoms with Crippen LogP contribution < -0.4 is 5.32 Å². The zero-order valence-electron chi connectivity index (χ0n) is 13.4. The number of aromatic nitrogens is 2. The lowest BCUT2D eigenvalue weighted by atomic mass is 9.92. The normalized spacial score (nSPS) is 16.9. The van der Waals surface area contributed by atoms with Gasteiger partial charge in [0.1, 0.15) is 5.82 Å². The fraction of sp³-hybridized carbons (Fsp3) is 0.158. The van der Waals surface area contributed by atoms with Gasteiger partial charge in [-0.15, -0.1) is 0 Å². The maximum absolute atomic E-state index is 13.4. The third-order valence-corrected chi connectivity index (χ3v) is 4.40. The molecule has 0 saturated heterocycles. The van der Waals surface area contributed by atoms with E-state index in [1.165, 1.54) is 12.1 Å². The number of hydrogen-bond acceptors (Lipinski definition) is 3. The Bertz CT molecular complexity index is 986. The number of imidazole rings is 1. The Morgan fingerprint density at radius 1 is 1.17 bits per heavy atom. The van der Waals surface area contributed by atoms with Gasteiger partial charge >= 0.3 is 0 Å². The molecule has 0 amide bonds. The Morgan fingerprint density at radius 3 is 2.58 bits per heavy atom. The van der Waals surface area contributed by atoms with Crippen molar-refractivity contribution in [3.8, 4) is 0 Å². The SMILES string of the molecule is CC(=O)C1=C(C)Nc2nc3ccccc3n2[C@@H]1c1ccc(F)cc1. The predicted molar refractivity (Wildman–Crippen MR) is 91.3 cm³/mol. The van der Waals surface area contributed by atoms with Crippen molar-refractivity contribution in [3.05, 3.63) is 71.2 Å². The van der Waals surface area contributed by atoms with Crippen LogP contribution in [0.25, 0.3) is 11.0 Å². The van der Waals surface area contributed by atoms with Gasteiger partial charge < -0.3 is 5.32 Å². The second kappa shape index (κ2) is 5.30. The van der Waals surface area contributed by atoms with Crippen molar-refractivity contribution >= 4 is 22.8 Å². The van der Waals surface area contributed by atoms with E-state index in [-0.39, 0.29) is 17.6 Å². The fourth-order valence-electron chi connectivity index (χ4n) is 3.38. The zero-order valence-corrected chi connectivity index (χ0v) is 13.4. The minimum absolute atomic E-state index is 0.0160. The molecule has 120 valence electrons. The average molecular weight is 321 g/mol. The van der Waals surface area contributed by atoms with Crippen molar-refractivity contribution in [2.75, 3.05) is 5.32 Å². The molecule has 1 atom stereocenters. The van der Waals surface area contributed by atoms with E-state index in [1.54, 1.807) is 19.1 Å². The summed E-state index contributed by atoms with van der Waals surface area (Å²) in [6.07, 6.45) is 0. The molecule has 0 fully saturated rings. The number of para-hydroxylation sites is 2. The first-order valence-corrected chi connectivity index (χ1v) is 7.77. The monoisotopic (exact) mass is 321 g/mol. The first-order chi connectivity index (χ1) is 11.6. The number of carbonyl (C=O) groups is 1. The van der Waals surface area contributed by atoms with Crippen LogP contribution in [0.3, 0.4) is 0 Å². The van der Waals surface area contributed by atoms with E-state index in [2.05, 4.69) is 10.3 Å². The number of fused-ring (bicyclic) bond motifs is 3. The lowest BCUT2D eigenvalue weighted by Crippen LogP contribution is -2.26. The van der Waals surface area contributed by atoms with Gasteiger partial charge in [-0.25, -0.2) is 9.37 Å². The Kier molecular flexibility index (Phi) is 3.23. The molecule has 1 aromatic heterocycles. The van der Waals surface area contributed by atoms with Crippen molar-refractivity contribution in [2.24, 2.45) is 0 Å². The van der Waals surface area contributed by atoms with Gasteiger partial charge in [-0.3, -0.25) is 9.36 Å². The number of rotatable bonds is 2. The number of allylic oxidation sites excluding steroid dienone is 2. The van der Waals surface area contributed by atoms with Crippen molar-refractivity contribution < 1.29 is 9.18 Å². The van der Waals surface area contributed by atoms with Gasteiger partial charge in [0.05, 0.1) is 17.1 Å². The Morgan fingerprint density at radius 2 is 1.88 bits per heavy atom. The summed E-state index contributed by atoms with van der Waals surface area (Å²) in [5.41, 5.74) is 4.08. The smallest absolute Gasteiger partial charge is 0.209 e. The third kappa shape index (κ3) is 2.12. The summed E-state index contributed by atoms with van der Waals surface area (Å²) >= 11 is 0. The van der Waals surface area contributed by atoms with Crippen LogP contribution in [0.15, 0.2) is 59.8 Å². The summed E-state index contributed by atoms with van der Waals surface area (Å²) < 4.78 is 15.4. The third-order valence-electron chi connectivity index (χ3n) is 4.40. The highest BCUT2D eigenvalue weighted by molar-refractivity contribution is 5.97. The second-order valence-electron chi connectivity index (χ2n) is 5.97. The van der Waals surface area contributed by atoms with Crippen molar-refractivity contribution in [1.82, 2.24) is 9.55 Å². The van der Waals surface area contributed by atoms with E-state index >= 15 is 0 Å². The van der Waals surface area contributed by atoms with Crippen LogP contribution in [0.2, 0.25) is 0 Å². The summed E-state index contributed by atoms with van der Waals surface area (Å²) in [6.45, 7) is 3.43. The van der Waals surface area contributed by atoms with Crippen LogP contribution in [0.5, 0.6) is 0 Å². The van der Waals surface area contributed by atoms with E-state index in [0.717, 1.165) is 22.3 Å². The Labute approximate surface area is 138 Å². The van der Waals surface area contributed by atoms with Crippen molar-refractivity contribution in [2.45, 2.75) is 19.9 Å². The van der Waals surface area contributed by atoms with Crippen LogP contribution >= 0.6 is 0 Å². The summed E-state index contributed by atoms with van der Waals surface area (Å²) in [4.78, 5) is 16.9. The van der Waals surface area contributed by atoms with Crippen molar-refractivity contribution in [1.29, 1.82) is 0 Å². The molecular formula is C19H16FN3O. The molecule has 4 rings (SSSR count). The Balaban J connectivity index is 2.03. The van der Waals surface area contributed by atoms with Crippen molar-refractivity contribution in [3.63, 3.8) is 0 Å². The number of nitrogens with zero attached hydrogens (tertiary/aromatic N) is 2. The minimum atomic E-state index is -0.327. The van der Waals surface area contributed by atoms with E-state index < -0.39 is 0 Å². The fourth-order valence-corrected chi connectivity index (χ4v) is 3.38. The van der Waals surface area contributed by atoms with Gasteiger partial charge in [0, 0.05) is 11.3 Å². The standard InChI is InChI=1S/C19H16FN3O/c1-11-17(12(2)24)18(13-7-9-14(20)10-8-13)23-16-6-4-3-5-15(16)22-19(23)21-11/h3-10,18H,1-2H3,(H,21,22)/t18-/m1/s1. The molecule has 0 aliphatic carbocycles. The molecule has 2 aromatic carbocycles. The van der Waals surface area contributed by atoms with Gasteiger partial charge in [-0.1, -0.05) is 24.3 Å². The molecule has 1 aliphatic heterocycles. The lowest BCUT2D eigenvalue weighted by molar-refractivity contribution is -0.114. The number of halogens is 1. The molecule has 0 radical (unpaired) electrons. The lowest BCUT2D eigenvalue weighted by Gasteiger charge is -2.30. The molecule has 0 unspecified atom stereocenters. The number of nitrogens with one attached hydrogen (secondary N) is 1. The quantitative estimate of drug-likeness (QED) is 0.774. The highest BCUT2D eigenvalue weighted by Crippen LogP contribution is 2.39. The summed E-state index contributed by atoms with van der Waals surface area (Å²) in [6, 6.07) is 13.7. The highest BCUT2D eigenvalue weighted by atomic mass is 19.1. The van der Waals surface area contributed by atoms with Gasteiger partial charge in [0.2, 0.25) is 5.95 Å². The van der Waals surface area contributed by atoms with E-state index in [9.17, 15) is 9.18 Å². The predicted octanol–water partition coefficient (Wildman–Crippen LogP) is 4.05. The van der Waals surface area contributed by atoms with Gasteiger partial charge in [0.25, 0.3) is 0 Å². The number of Topliss-reactive ketones (excluding diaryl/α,β-unsaturated/α-hetero) is 1. The van der Waals surface area contributed by atoms with E-state index in [1.807, 2.05) is 35.8 Å².